The molecule has 0 saturated heterocycles. The van der Waals surface area contributed by atoms with E-state index >= 15 is 0 Å². The molecule has 1 aromatic carbocycles. The highest BCUT2D eigenvalue weighted by molar-refractivity contribution is 14.0. The fourth-order valence-corrected chi connectivity index (χ4v) is 3.20. The molecule has 0 amide bonds. The van der Waals surface area contributed by atoms with E-state index in [-0.39, 0.29) is 29.4 Å². The van der Waals surface area contributed by atoms with Crippen LogP contribution in [0.5, 0.6) is 5.75 Å². The lowest BCUT2D eigenvalue weighted by atomic mass is 9.96. The first-order valence-electron chi connectivity index (χ1n) is 8.19. The molecule has 3 rings (SSSR count). The molecule has 2 atom stereocenters. The van der Waals surface area contributed by atoms with Gasteiger partial charge in [0.25, 0.3) is 0 Å². The van der Waals surface area contributed by atoms with E-state index in [1.54, 1.807) is 13.4 Å². The summed E-state index contributed by atoms with van der Waals surface area (Å²) in [6, 6.07) is 12.5. The molecule has 1 aliphatic carbocycles. The number of aliphatic imine (C=N–C) groups is 1. The highest BCUT2D eigenvalue weighted by atomic mass is 127. The molecule has 25 heavy (non-hydrogen) atoms. The van der Waals surface area contributed by atoms with Crippen LogP contribution in [0.1, 0.15) is 24.7 Å². The van der Waals surface area contributed by atoms with Gasteiger partial charge in [0.1, 0.15) is 11.5 Å². The van der Waals surface area contributed by atoms with Gasteiger partial charge in [-0.15, -0.1) is 24.0 Å². The number of nitrogens with one attached hydrogen (secondary N) is 1. The number of hydrogen-bond donors (Lipinski definition) is 1. The minimum Gasteiger partial charge on any atom is -0.496 e. The molecule has 6 heteroatoms. The van der Waals surface area contributed by atoms with E-state index in [0.717, 1.165) is 23.9 Å². The molecule has 1 heterocycles. The number of methoxy groups -OCH3 is 1. The summed E-state index contributed by atoms with van der Waals surface area (Å²) >= 11 is 0. The molecule has 0 bridgehead atoms. The average molecular weight is 455 g/mol. The predicted molar refractivity (Wildman–Crippen MR) is 111 cm³/mol. The molecule has 1 aliphatic rings. The first-order chi connectivity index (χ1) is 11.6. The zero-order chi connectivity index (χ0) is 17.2. The highest BCUT2D eigenvalue weighted by Crippen LogP contribution is 2.51. The number of rotatable bonds is 5. The van der Waals surface area contributed by atoms with Gasteiger partial charge in [-0.3, -0.25) is 4.99 Å². The topological polar surface area (TPSA) is 50.0 Å². The van der Waals surface area contributed by atoms with Crippen molar-refractivity contribution in [2.45, 2.75) is 31.3 Å². The molecular formula is C19H26IN3O2. The van der Waals surface area contributed by atoms with Gasteiger partial charge in [-0.1, -0.05) is 25.1 Å². The maximum Gasteiger partial charge on any atom is 0.194 e. The second-order valence-electron chi connectivity index (χ2n) is 6.50. The average Bonchev–Trinajstić information content (AvgIpc) is 2.99. The van der Waals surface area contributed by atoms with Crippen molar-refractivity contribution in [3.8, 4) is 5.75 Å². The predicted octanol–water partition coefficient (Wildman–Crippen LogP) is 3.64. The lowest BCUT2D eigenvalue weighted by Gasteiger charge is -2.23. The SMILES string of the molecule is CN=C(NC1CC1(C)c1ccccc1OC)N(C)Cc1ccco1.I. The number of nitrogens with zero attached hydrogens (tertiary/aromatic N) is 2. The summed E-state index contributed by atoms with van der Waals surface area (Å²) in [5.41, 5.74) is 1.31. The lowest BCUT2D eigenvalue weighted by Crippen LogP contribution is -2.41. The summed E-state index contributed by atoms with van der Waals surface area (Å²) in [5.74, 6) is 2.74. The van der Waals surface area contributed by atoms with Crippen LogP contribution in [-0.2, 0) is 12.0 Å². The number of halogens is 1. The monoisotopic (exact) mass is 455 g/mol. The Hall–Kier alpha value is -1.70. The van der Waals surface area contributed by atoms with Crippen molar-refractivity contribution in [2.75, 3.05) is 21.2 Å². The number of guanidine groups is 1. The number of benzene rings is 1. The third-order valence-corrected chi connectivity index (χ3v) is 4.81. The molecular weight excluding hydrogens is 429 g/mol. The van der Waals surface area contributed by atoms with Crippen LogP contribution in [0.15, 0.2) is 52.1 Å². The van der Waals surface area contributed by atoms with Crippen LogP contribution in [0.25, 0.3) is 0 Å². The largest absolute Gasteiger partial charge is 0.496 e. The Balaban J connectivity index is 0.00000225. The second kappa shape index (κ2) is 8.12. The van der Waals surface area contributed by atoms with Crippen LogP contribution < -0.4 is 10.1 Å². The van der Waals surface area contributed by atoms with Gasteiger partial charge < -0.3 is 19.4 Å². The highest BCUT2D eigenvalue weighted by Gasteiger charge is 2.53. The van der Waals surface area contributed by atoms with Crippen molar-refractivity contribution in [1.82, 2.24) is 10.2 Å². The fraction of sp³-hybridized carbons (Fsp3) is 0.421. The molecule has 0 radical (unpaired) electrons. The van der Waals surface area contributed by atoms with E-state index in [0.29, 0.717) is 12.6 Å². The Morgan fingerprint density at radius 3 is 2.76 bits per heavy atom. The number of furan rings is 1. The third kappa shape index (κ3) is 4.11. The first kappa shape index (κ1) is 19.6. The molecule has 1 N–H and O–H groups in total. The van der Waals surface area contributed by atoms with Gasteiger partial charge in [0.2, 0.25) is 0 Å². The van der Waals surface area contributed by atoms with Gasteiger partial charge in [0.15, 0.2) is 5.96 Å². The Kier molecular flexibility index (Phi) is 6.37. The summed E-state index contributed by atoms with van der Waals surface area (Å²) in [7, 11) is 5.55. The van der Waals surface area contributed by atoms with Crippen molar-refractivity contribution in [2.24, 2.45) is 4.99 Å². The summed E-state index contributed by atoms with van der Waals surface area (Å²) in [6.45, 7) is 2.95. The van der Waals surface area contributed by atoms with E-state index in [1.165, 1.54) is 5.56 Å². The van der Waals surface area contributed by atoms with E-state index in [2.05, 4.69) is 34.3 Å². The zero-order valence-corrected chi connectivity index (χ0v) is 17.5. The van der Waals surface area contributed by atoms with Gasteiger partial charge in [-0.2, -0.15) is 0 Å². The summed E-state index contributed by atoms with van der Waals surface area (Å²) in [5, 5.41) is 3.57. The second-order valence-corrected chi connectivity index (χ2v) is 6.50. The molecule has 0 spiro atoms. The van der Waals surface area contributed by atoms with Gasteiger partial charge in [0.05, 0.1) is 19.9 Å². The smallest absolute Gasteiger partial charge is 0.194 e. The van der Waals surface area contributed by atoms with Crippen molar-refractivity contribution in [1.29, 1.82) is 0 Å². The summed E-state index contributed by atoms with van der Waals surface area (Å²) < 4.78 is 10.9. The molecule has 0 aliphatic heterocycles. The van der Waals surface area contributed by atoms with Gasteiger partial charge in [-0.05, 0) is 24.6 Å². The fourth-order valence-electron chi connectivity index (χ4n) is 3.20. The molecule has 1 aromatic heterocycles. The van der Waals surface area contributed by atoms with Crippen LogP contribution in [-0.4, -0.2) is 38.1 Å². The van der Waals surface area contributed by atoms with E-state index in [9.17, 15) is 0 Å². The maximum atomic E-state index is 5.53. The Bertz CT molecular complexity index is 717. The van der Waals surface area contributed by atoms with Gasteiger partial charge in [0, 0.05) is 31.1 Å². The standard InChI is InChI=1S/C19H25N3O2.HI/c1-19(15-9-5-6-10-16(15)23-4)12-17(19)21-18(20-2)22(3)13-14-8-7-11-24-14;/h5-11,17H,12-13H2,1-4H3,(H,20,21);1H. The minimum atomic E-state index is 0. The molecule has 1 saturated carbocycles. The Labute approximate surface area is 166 Å². The minimum absolute atomic E-state index is 0. The van der Waals surface area contributed by atoms with Crippen molar-refractivity contribution in [3.63, 3.8) is 0 Å². The third-order valence-electron chi connectivity index (χ3n) is 4.81. The Morgan fingerprint density at radius 1 is 1.36 bits per heavy atom. The molecule has 5 nitrogen and oxygen atoms in total. The van der Waals surface area contributed by atoms with Crippen molar-refractivity contribution < 1.29 is 9.15 Å². The van der Waals surface area contributed by atoms with Crippen LogP contribution in [0.2, 0.25) is 0 Å². The van der Waals surface area contributed by atoms with E-state index in [1.807, 2.05) is 38.4 Å². The van der Waals surface area contributed by atoms with E-state index < -0.39 is 0 Å². The summed E-state index contributed by atoms with van der Waals surface area (Å²) in [6.07, 6.45) is 2.75. The molecule has 2 unspecified atom stereocenters. The molecule has 1 fully saturated rings. The summed E-state index contributed by atoms with van der Waals surface area (Å²) in [4.78, 5) is 6.48. The van der Waals surface area contributed by atoms with Crippen LogP contribution in [0, 0.1) is 0 Å². The van der Waals surface area contributed by atoms with Crippen molar-refractivity contribution in [3.05, 3.63) is 54.0 Å². The molecule has 136 valence electrons. The Morgan fingerprint density at radius 2 is 2.12 bits per heavy atom. The number of hydrogen-bond acceptors (Lipinski definition) is 3. The lowest BCUT2D eigenvalue weighted by molar-refractivity contribution is 0.396. The van der Waals surface area contributed by atoms with Gasteiger partial charge in [-0.25, -0.2) is 0 Å². The van der Waals surface area contributed by atoms with Gasteiger partial charge >= 0.3 is 0 Å². The van der Waals surface area contributed by atoms with Crippen LogP contribution in [0.3, 0.4) is 0 Å². The van der Waals surface area contributed by atoms with Crippen molar-refractivity contribution >= 4 is 29.9 Å². The van der Waals surface area contributed by atoms with Crippen LogP contribution >= 0.6 is 24.0 Å². The van der Waals surface area contributed by atoms with E-state index in [4.69, 9.17) is 9.15 Å². The maximum absolute atomic E-state index is 5.53. The zero-order valence-electron chi connectivity index (χ0n) is 15.2. The first-order valence-corrected chi connectivity index (χ1v) is 8.19. The normalized spacial score (nSPS) is 22.1. The number of para-hydroxylation sites is 1. The quantitative estimate of drug-likeness (QED) is 0.425. The molecule has 2 aromatic rings. The number of ether oxygens (including phenoxy) is 1. The van der Waals surface area contributed by atoms with Crippen LogP contribution in [0.4, 0.5) is 0 Å².